The highest BCUT2D eigenvalue weighted by atomic mass is 16.5. The average molecular weight is 454 g/mol. The minimum atomic E-state index is -0.388. The van der Waals surface area contributed by atoms with Gasteiger partial charge in [-0.05, 0) is 31.0 Å². The summed E-state index contributed by atoms with van der Waals surface area (Å²) in [6.45, 7) is 9.27. The van der Waals surface area contributed by atoms with Gasteiger partial charge in [0.25, 0.3) is 0 Å². The molecule has 4 rings (SSSR count). The van der Waals surface area contributed by atoms with Crippen LogP contribution in [0.25, 0.3) is 0 Å². The van der Waals surface area contributed by atoms with E-state index in [-0.39, 0.29) is 11.8 Å². The van der Waals surface area contributed by atoms with E-state index in [0.717, 1.165) is 62.5 Å². The molecule has 9 heteroatoms. The normalized spacial score (nSPS) is 18.4. The number of aromatic amines is 1. The molecule has 3 N–H and O–H groups in total. The van der Waals surface area contributed by atoms with Gasteiger partial charge in [0.15, 0.2) is 11.5 Å². The number of nitrogens with zero attached hydrogens (tertiary/aromatic N) is 3. The first-order valence-electron chi connectivity index (χ1n) is 11.5. The van der Waals surface area contributed by atoms with Gasteiger partial charge in [-0.3, -0.25) is 10.00 Å². The van der Waals surface area contributed by atoms with Crippen LogP contribution in [-0.4, -0.2) is 61.2 Å². The maximum absolute atomic E-state index is 9.88. The van der Waals surface area contributed by atoms with E-state index in [2.05, 4.69) is 28.1 Å². The first-order chi connectivity index (χ1) is 16.2. The molecule has 1 aromatic carbocycles. The number of aromatic nitrogens is 2. The fourth-order valence-electron chi connectivity index (χ4n) is 4.28. The molecule has 2 aromatic rings. The SMILES string of the molecule is CCCc1[nH]nc2c1[C@H](c1ccc(OCCN3CCOCC3)c(OCC)c1)C(C#N)=C(N)O2. The number of morpholine rings is 1. The smallest absolute Gasteiger partial charge is 0.244 e. The number of benzene rings is 1. The predicted molar refractivity (Wildman–Crippen MR) is 122 cm³/mol. The lowest BCUT2D eigenvalue weighted by Gasteiger charge is -2.27. The van der Waals surface area contributed by atoms with Gasteiger partial charge in [0.05, 0.1) is 25.7 Å². The van der Waals surface area contributed by atoms with Crippen molar-refractivity contribution in [1.82, 2.24) is 15.1 Å². The second-order valence-corrected chi connectivity index (χ2v) is 8.04. The van der Waals surface area contributed by atoms with E-state index in [9.17, 15) is 5.26 Å². The van der Waals surface area contributed by atoms with Crippen LogP contribution in [-0.2, 0) is 11.2 Å². The van der Waals surface area contributed by atoms with Gasteiger partial charge in [-0.15, -0.1) is 5.10 Å². The number of allylic oxidation sites excluding steroid dienone is 1. The zero-order valence-electron chi connectivity index (χ0n) is 19.2. The van der Waals surface area contributed by atoms with Crippen LogP contribution in [0.3, 0.4) is 0 Å². The number of ether oxygens (including phenoxy) is 4. The summed E-state index contributed by atoms with van der Waals surface area (Å²) < 4.78 is 23.0. The summed E-state index contributed by atoms with van der Waals surface area (Å²) in [6.07, 6.45) is 1.73. The Labute approximate surface area is 194 Å². The molecule has 33 heavy (non-hydrogen) atoms. The Bertz CT molecular complexity index is 1040. The van der Waals surface area contributed by atoms with Crippen LogP contribution in [0.5, 0.6) is 17.4 Å². The third kappa shape index (κ3) is 4.92. The summed E-state index contributed by atoms with van der Waals surface area (Å²) in [5.41, 5.74) is 9.13. The van der Waals surface area contributed by atoms with E-state index in [1.807, 2.05) is 25.1 Å². The number of aryl methyl sites for hydroxylation is 1. The Morgan fingerprint density at radius 1 is 1.24 bits per heavy atom. The summed E-state index contributed by atoms with van der Waals surface area (Å²) in [4.78, 5) is 2.32. The lowest BCUT2D eigenvalue weighted by atomic mass is 9.83. The summed E-state index contributed by atoms with van der Waals surface area (Å²) in [7, 11) is 0. The molecule has 0 saturated carbocycles. The Balaban J connectivity index is 1.62. The molecule has 1 fully saturated rings. The van der Waals surface area contributed by atoms with E-state index in [0.29, 0.717) is 36.2 Å². The van der Waals surface area contributed by atoms with Gasteiger partial charge in [-0.1, -0.05) is 19.4 Å². The minimum absolute atomic E-state index is 0.0772. The van der Waals surface area contributed by atoms with Gasteiger partial charge < -0.3 is 24.7 Å². The number of fused-ring (bicyclic) bond motifs is 1. The van der Waals surface area contributed by atoms with Crippen LogP contribution < -0.4 is 19.9 Å². The number of nitrogens with two attached hydrogens (primary N) is 1. The Morgan fingerprint density at radius 2 is 2.06 bits per heavy atom. The molecule has 1 atom stereocenters. The number of hydrogen-bond acceptors (Lipinski definition) is 8. The fraction of sp³-hybridized carbons (Fsp3) is 0.500. The lowest BCUT2D eigenvalue weighted by molar-refractivity contribution is 0.0321. The minimum Gasteiger partial charge on any atom is -0.490 e. The van der Waals surface area contributed by atoms with Crippen LogP contribution in [0, 0.1) is 11.3 Å². The van der Waals surface area contributed by atoms with Gasteiger partial charge in [0, 0.05) is 30.9 Å². The van der Waals surface area contributed by atoms with E-state index in [1.54, 1.807) is 0 Å². The van der Waals surface area contributed by atoms with Crippen molar-refractivity contribution in [1.29, 1.82) is 5.26 Å². The van der Waals surface area contributed by atoms with Crippen molar-refractivity contribution in [2.45, 2.75) is 32.6 Å². The number of rotatable bonds is 9. The van der Waals surface area contributed by atoms with Crippen molar-refractivity contribution < 1.29 is 18.9 Å². The molecule has 3 heterocycles. The third-order valence-electron chi connectivity index (χ3n) is 5.89. The topological polar surface area (TPSA) is 119 Å². The molecule has 2 aliphatic heterocycles. The van der Waals surface area contributed by atoms with E-state index in [4.69, 9.17) is 24.7 Å². The highest BCUT2D eigenvalue weighted by Gasteiger charge is 2.35. The van der Waals surface area contributed by atoms with Crippen molar-refractivity contribution in [3.8, 4) is 23.4 Å². The van der Waals surface area contributed by atoms with E-state index in [1.165, 1.54) is 0 Å². The molecule has 0 aliphatic carbocycles. The van der Waals surface area contributed by atoms with E-state index < -0.39 is 0 Å². The maximum Gasteiger partial charge on any atom is 0.244 e. The molecule has 9 nitrogen and oxygen atoms in total. The molecule has 0 bridgehead atoms. The van der Waals surface area contributed by atoms with Crippen LogP contribution in [0.1, 0.15) is 43.0 Å². The molecule has 1 saturated heterocycles. The largest absolute Gasteiger partial charge is 0.490 e. The summed E-state index contributed by atoms with van der Waals surface area (Å²) in [5, 5.41) is 17.2. The van der Waals surface area contributed by atoms with Gasteiger partial charge in [-0.25, -0.2) is 0 Å². The highest BCUT2D eigenvalue weighted by Crippen LogP contribution is 2.44. The summed E-state index contributed by atoms with van der Waals surface area (Å²) in [6, 6.07) is 8.03. The first-order valence-corrected chi connectivity index (χ1v) is 11.5. The maximum atomic E-state index is 9.88. The van der Waals surface area contributed by atoms with Crippen molar-refractivity contribution in [3.05, 3.63) is 46.5 Å². The zero-order chi connectivity index (χ0) is 23.2. The molecular formula is C24H31N5O4. The quantitative estimate of drug-likeness (QED) is 0.595. The van der Waals surface area contributed by atoms with Gasteiger partial charge in [0.2, 0.25) is 11.8 Å². The van der Waals surface area contributed by atoms with Gasteiger partial charge in [-0.2, -0.15) is 5.26 Å². The molecule has 2 aliphatic rings. The second-order valence-electron chi connectivity index (χ2n) is 8.04. The Morgan fingerprint density at radius 3 is 2.79 bits per heavy atom. The summed E-state index contributed by atoms with van der Waals surface area (Å²) >= 11 is 0. The van der Waals surface area contributed by atoms with Crippen molar-refractivity contribution in [2.75, 3.05) is 46.1 Å². The molecule has 0 unspecified atom stereocenters. The van der Waals surface area contributed by atoms with Crippen molar-refractivity contribution in [3.63, 3.8) is 0 Å². The number of nitriles is 1. The number of hydrogen-bond donors (Lipinski definition) is 2. The van der Waals surface area contributed by atoms with Crippen molar-refractivity contribution >= 4 is 0 Å². The first kappa shape index (κ1) is 23.0. The van der Waals surface area contributed by atoms with Crippen LogP contribution in [0.4, 0.5) is 0 Å². The van der Waals surface area contributed by atoms with Crippen molar-refractivity contribution in [2.24, 2.45) is 5.73 Å². The van der Waals surface area contributed by atoms with E-state index >= 15 is 0 Å². The number of H-pyrrole nitrogens is 1. The van der Waals surface area contributed by atoms with Crippen LogP contribution in [0.2, 0.25) is 0 Å². The molecular weight excluding hydrogens is 422 g/mol. The van der Waals surface area contributed by atoms with Crippen LogP contribution in [0.15, 0.2) is 29.7 Å². The Kier molecular flexibility index (Phi) is 7.37. The molecule has 0 amide bonds. The molecule has 0 radical (unpaired) electrons. The van der Waals surface area contributed by atoms with Gasteiger partial charge in [0.1, 0.15) is 18.2 Å². The zero-order valence-corrected chi connectivity index (χ0v) is 19.2. The number of nitrogens with one attached hydrogen (secondary N) is 1. The molecule has 176 valence electrons. The van der Waals surface area contributed by atoms with Crippen LogP contribution >= 0.6 is 0 Å². The van der Waals surface area contributed by atoms with Gasteiger partial charge >= 0.3 is 0 Å². The summed E-state index contributed by atoms with van der Waals surface area (Å²) in [5.74, 6) is 1.43. The third-order valence-corrected chi connectivity index (χ3v) is 5.89. The molecule has 1 aromatic heterocycles. The average Bonchev–Trinajstić information content (AvgIpc) is 3.22. The second kappa shape index (κ2) is 10.6. The lowest BCUT2D eigenvalue weighted by Crippen LogP contribution is -2.38. The monoisotopic (exact) mass is 453 g/mol. The fourth-order valence-corrected chi connectivity index (χ4v) is 4.28. The standard InChI is InChI=1S/C24H31N5O4/c1-3-5-18-22-21(17(15-25)23(26)33-24(22)28-27-18)16-6-7-19(20(14-16)31-4-2)32-13-10-29-8-11-30-12-9-29/h6-7,14,21H,3-5,8-13,26H2,1-2H3,(H,27,28)/t21-/m1/s1. The molecule has 0 spiro atoms. The highest BCUT2D eigenvalue weighted by molar-refractivity contribution is 5.57. The Hall–Kier alpha value is -3.22. The predicted octanol–water partition coefficient (Wildman–Crippen LogP) is 2.69.